The van der Waals surface area contributed by atoms with Gasteiger partial charge in [-0.2, -0.15) is 0 Å². The maximum Gasteiger partial charge on any atom is 0.257 e. The predicted molar refractivity (Wildman–Crippen MR) is 50.9 cm³/mol. The smallest absolute Gasteiger partial charge is 0.257 e. The van der Waals surface area contributed by atoms with E-state index in [2.05, 4.69) is 0 Å². The van der Waals surface area contributed by atoms with Gasteiger partial charge in [0.2, 0.25) is 0 Å². The second-order valence-electron chi connectivity index (χ2n) is 2.83. The fraction of sp³-hybridized carbons (Fsp3) is 0.250. The quantitative estimate of drug-likeness (QED) is 0.740. The lowest BCUT2D eigenvalue weighted by Crippen LogP contribution is -2.56. The van der Waals surface area contributed by atoms with Gasteiger partial charge in [-0.05, 0) is 0 Å². The minimum absolute atomic E-state index is 0. The van der Waals surface area contributed by atoms with Gasteiger partial charge in [0.25, 0.3) is 5.69 Å². The van der Waals surface area contributed by atoms with Gasteiger partial charge in [0.1, 0.15) is 0 Å². The summed E-state index contributed by atoms with van der Waals surface area (Å²) in [7, 11) is -3.09. The van der Waals surface area contributed by atoms with Gasteiger partial charge in [-0.3, -0.25) is 0 Å². The van der Waals surface area contributed by atoms with Crippen LogP contribution in [0.15, 0.2) is 24.3 Å². The second-order valence-corrected chi connectivity index (χ2v) is 4.97. The molecule has 0 unspecified atom stereocenters. The SMILES string of the molecule is CS(=O)(=O)Cc1ccccc1[NH+]=O.[OH-]. The molecule has 1 aromatic carbocycles. The topological polar surface area (TPSA) is 95.2 Å². The fourth-order valence-electron chi connectivity index (χ4n) is 1.03. The van der Waals surface area contributed by atoms with Gasteiger partial charge < -0.3 is 5.48 Å². The Balaban J connectivity index is 0.00000169. The van der Waals surface area contributed by atoms with Crippen molar-refractivity contribution in [1.82, 2.24) is 0 Å². The van der Waals surface area contributed by atoms with Crippen molar-refractivity contribution in [3.63, 3.8) is 0 Å². The van der Waals surface area contributed by atoms with Crippen LogP contribution in [0, 0.1) is 4.91 Å². The van der Waals surface area contributed by atoms with Crippen LogP contribution in [-0.2, 0) is 15.6 Å². The zero-order valence-electron chi connectivity index (χ0n) is 7.60. The van der Waals surface area contributed by atoms with E-state index in [9.17, 15) is 13.3 Å². The number of hydrogen-bond acceptors (Lipinski definition) is 4. The number of rotatable bonds is 3. The molecule has 0 aliphatic heterocycles. The normalized spacial score (nSPS) is 10.4. The summed E-state index contributed by atoms with van der Waals surface area (Å²) in [5.74, 6) is -0.113. The molecule has 2 N–H and O–H groups in total. The first-order chi connectivity index (χ1) is 6.03. The summed E-state index contributed by atoms with van der Waals surface area (Å²) < 4.78 is 21.9. The van der Waals surface area contributed by atoms with Crippen LogP contribution in [0.3, 0.4) is 0 Å². The van der Waals surface area contributed by atoms with Crippen LogP contribution in [0.4, 0.5) is 5.69 Å². The molecule has 0 heterocycles. The summed E-state index contributed by atoms with van der Waals surface area (Å²) in [5.41, 5.74) is 0.813. The van der Waals surface area contributed by atoms with Crippen LogP contribution in [0.5, 0.6) is 0 Å². The lowest BCUT2D eigenvalue weighted by molar-refractivity contribution is -0.380. The third-order valence-corrected chi connectivity index (χ3v) is 2.38. The summed E-state index contributed by atoms with van der Waals surface area (Å²) in [6.45, 7) is 0. The molecule has 0 saturated carbocycles. The minimum atomic E-state index is -3.09. The molecule has 14 heavy (non-hydrogen) atoms. The molecule has 0 aliphatic carbocycles. The molecule has 1 rings (SSSR count). The molecule has 0 saturated heterocycles. The summed E-state index contributed by atoms with van der Waals surface area (Å²) >= 11 is 0. The molecule has 0 bridgehead atoms. The Kier molecular flexibility index (Phi) is 4.39. The highest BCUT2D eigenvalue weighted by atomic mass is 32.2. The maximum absolute atomic E-state index is 10.9. The Morgan fingerprint density at radius 2 is 1.86 bits per heavy atom. The molecule has 0 atom stereocenters. The van der Waals surface area contributed by atoms with E-state index in [1.165, 1.54) is 0 Å². The van der Waals surface area contributed by atoms with Crippen molar-refractivity contribution in [1.29, 1.82) is 0 Å². The van der Waals surface area contributed by atoms with Gasteiger partial charge >= 0.3 is 0 Å². The monoisotopic (exact) mass is 217 g/mol. The summed E-state index contributed by atoms with van der Waals surface area (Å²) in [6, 6.07) is 6.53. The molecule has 0 spiro atoms. The molecular formula is C8H11NO4S. The number of hydrogen-bond donors (Lipinski definition) is 1. The Bertz CT molecular complexity index is 413. The Morgan fingerprint density at radius 3 is 2.36 bits per heavy atom. The maximum atomic E-state index is 10.9. The average molecular weight is 217 g/mol. The molecule has 6 heteroatoms. The Labute approximate surface area is 82.0 Å². The first-order valence-electron chi connectivity index (χ1n) is 3.67. The third kappa shape index (κ3) is 3.63. The van der Waals surface area contributed by atoms with Crippen LogP contribution < -0.4 is 5.18 Å². The van der Waals surface area contributed by atoms with Crippen molar-refractivity contribution in [2.45, 2.75) is 5.75 Å². The number of benzene rings is 1. The third-order valence-electron chi connectivity index (χ3n) is 1.55. The zero-order chi connectivity index (χ0) is 9.90. The van der Waals surface area contributed by atoms with Crippen molar-refractivity contribution < 1.29 is 19.1 Å². The number of sulfone groups is 1. The summed E-state index contributed by atoms with van der Waals surface area (Å²) in [5, 5.41) is 1.70. The van der Waals surface area contributed by atoms with E-state index < -0.39 is 9.84 Å². The largest absolute Gasteiger partial charge is 0.870 e. The fourth-order valence-corrected chi connectivity index (χ4v) is 1.84. The lowest BCUT2D eigenvalue weighted by Gasteiger charge is -1.96. The molecule has 0 radical (unpaired) electrons. The van der Waals surface area contributed by atoms with Crippen molar-refractivity contribution in [2.24, 2.45) is 0 Å². The van der Waals surface area contributed by atoms with Gasteiger partial charge in [0.05, 0.1) is 5.75 Å². The summed E-state index contributed by atoms with van der Waals surface area (Å²) in [4.78, 5) is 10.4. The van der Waals surface area contributed by atoms with E-state index >= 15 is 0 Å². The predicted octanol–water partition coefficient (Wildman–Crippen LogP) is -0.467. The van der Waals surface area contributed by atoms with E-state index in [-0.39, 0.29) is 11.2 Å². The van der Waals surface area contributed by atoms with E-state index in [0.29, 0.717) is 11.3 Å². The lowest BCUT2D eigenvalue weighted by atomic mass is 10.2. The number of nitrogens with one attached hydrogen (secondary N) is 1. The van der Waals surface area contributed by atoms with Crippen LogP contribution in [0.2, 0.25) is 0 Å². The van der Waals surface area contributed by atoms with Crippen molar-refractivity contribution >= 4 is 15.5 Å². The minimum Gasteiger partial charge on any atom is -0.870 e. The van der Waals surface area contributed by atoms with Crippen molar-refractivity contribution in [3.05, 3.63) is 34.7 Å². The first-order valence-corrected chi connectivity index (χ1v) is 5.73. The highest BCUT2D eigenvalue weighted by Crippen LogP contribution is 2.11. The molecular weight excluding hydrogens is 206 g/mol. The number of nitroso groups, excluding NO2 is 1. The molecule has 0 fully saturated rings. The molecule has 5 nitrogen and oxygen atoms in total. The standard InChI is InChI=1S/C8H9NO3S.H2O/c1-13(11,12)6-7-4-2-3-5-8(7)9-10;/h2-5H,6H2,1H3;1H2. The van der Waals surface area contributed by atoms with Gasteiger partial charge in [-0.25, -0.2) is 8.42 Å². The van der Waals surface area contributed by atoms with E-state index in [1.807, 2.05) is 0 Å². The summed E-state index contributed by atoms with van der Waals surface area (Å²) in [6.07, 6.45) is 1.13. The Hall–Kier alpha value is -1.27. The van der Waals surface area contributed by atoms with Crippen molar-refractivity contribution in [3.8, 4) is 0 Å². The van der Waals surface area contributed by atoms with Crippen LogP contribution in [0.25, 0.3) is 0 Å². The van der Waals surface area contributed by atoms with Gasteiger partial charge in [0, 0.05) is 28.0 Å². The van der Waals surface area contributed by atoms with E-state index in [0.717, 1.165) is 6.26 Å². The van der Waals surface area contributed by atoms with Gasteiger partial charge in [-0.1, -0.05) is 18.2 Å². The van der Waals surface area contributed by atoms with Crippen LogP contribution in [0.1, 0.15) is 5.56 Å². The highest BCUT2D eigenvalue weighted by molar-refractivity contribution is 7.89. The zero-order valence-corrected chi connectivity index (χ0v) is 8.41. The van der Waals surface area contributed by atoms with Crippen molar-refractivity contribution in [2.75, 3.05) is 6.26 Å². The Morgan fingerprint density at radius 1 is 1.29 bits per heavy atom. The molecule has 1 aromatic rings. The van der Waals surface area contributed by atoms with E-state index in [1.54, 1.807) is 29.4 Å². The molecule has 0 amide bonds. The molecule has 0 aromatic heterocycles. The first kappa shape index (κ1) is 12.7. The van der Waals surface area contributed by atoms with Gasteiger partial charge in [-0.15, -0.1) is 0 Å². The van der Waals surface area contributed by atoms with E-state index in [4.69, 9.17) is 0 Å². The van der Waals surface area contributed by atoms with Gasteiger partial charge in [0.15, 0.2) is 9.84 Å². The second kappa shape index (κ2) is 4.83. The average Bonchev–Trinajstić information content (AvgIpc) is 2.02. The van der Waals surface area contributed by atoms with Crippen LogP contribution >= 0.6 is 0 Å². The molecule has 78 valence electrons. The highest BCUT2D eigenvalue weighted by Gasteiger charge is 2.12. The number of para-hydroxylation sites is 1. The van der Waals surface area contributed by atoms with Crippen LogP contribution in [-0.4, -0.2) is 20.1 Å². The molecule has 0 aliphatic rings.